The van der Waals surface area contributed by atoms with Crippen LogP contribution in [0, 0.1) is 25.7 Å². The standard InChI is InChI=1S/C14H18/c1-9-5-13-7-11(3)12(4)8-14(13)6-10(9)2/h5-10H,1-4H3/t9-,10+. The van der Waals surface area contributed by atoms with Crippen LogP contribution in [0.15, 0.2) is 12.1 Å². The molecule has 1 aliphatic rings. The van der Waals surface area contributed by atoms with E-state index in [0.29, 0.717) is 11.8 Å². The van der Waals surface area contributed by atoms with Gasteiger partial charge in [0.15, 0.2) is 0 Å². The molecule has 0 radical (unpaired) electrons. The summed E-state index contributed by atoms with van der Waals surface area (Å²) in [5, 5.41) is 2.83. The van der Waals surface area contributed by atoms with Crippen molar-refractivity contribution in [3.05, 3.63) is 33.7 Å². The molecule has 0 spiro atoms. The molecular weight excluding hydrogens is 168 g/mol. The Morgan fingerprint density at radius 1 is 0.786 bits per heavy atom. The van der Waals surface area contributed by atoms with Gasteiger partial charge in [0.05, 0.1) is 0 Å². The molecule has 0 heteroatoms. The molecule has 0 bridgehead atoms. The fourth-order valence-corrected chi connectivity index (χ4v) is 2.02. The highest BCUT2D eigenvalue weighted by Crippen LogP contribution is 2.15. The number of rotatable bonds is 0. The molecule has 74 valence electrons. The number of hydrogen-bond acceptors (Lipinski definition) is 0. The van der Waals surface area contributed by atoms with E-state index in [-0.39, 0.29) is 0 Å². The van der Waals surface area contributed by atoms with E-state index < -0.39 is 0 Å². The Kier molecular flexibility index (Phi) is 2.22. The number of fused-ring (bicyclic) bond motifs is 1. The van der Waals surface area contributed by atoms with E-state index in [9.17, 15) is 0 Å². The van der Waals surface area contributed by atoms with Gasteiger partial charge in [0, 0.05) is 0 Å². The Balaban J connectivity index is 2.74. The van der Waals surface area contributed by atoms with Gasteiger partial charge in [-0.15, -0.1) is 0 Å². The molecule has 0 saturated carbocycles. The van der Waals surface area contributed by atoms with Crippen molar-refractivity contribution in [2.75, 3.05) is 0 Å². The van der Waals surface area contributed by atoms with E-state index in [1.54, 1.807) is 0 Å². The summed E-state index contributed by atoms with van der Waals surface area (Å²) in [6.45, 7) is 8.96. The maximum atomic E-state index is 2.40. The predicted octanol–water partition coefficient (Wildman–Crippen LogP) is 2.15. The molecule has 0 amide bonds. The van der Waals surface area contributed by atoms with E-state index in [0.717, 1.165) is 0 Å². The third kappa shape index (κ3) is 1.50. The fourth-order valence-electron chi connectivity index (χ4n) is 2.02. The quantitative estimate of drug-likeness (QED) is 0.582. The van der Waals surface area contributed by atoms with Crippen molar-refractivity contribution < 1.29 is 0 Å². The zero-order valence-corrected chi connectivity index (χ0v) is 9.46. The average molecular weight is 186 g/mol. The minimum atomic E-state index is 0.671. The topological polar surface area (TPSA) is 0 Å². The maximum absolute atomic E-state index is 2.40. The van der Waals surface area contributed by atoms with Gasteiger partial charge in [-0.2, -0.15) is 0 Å². The summed E-state index contributed by atoms with van der Waals surface area (Å²) in [4.78, 5) is 0. The van der Waals surface area contributed by atoms with Crippen LogP contribution in [0.2, 0.25) is 0 Å². The highest BCUT2D eigenvalue weighted by molar-refractivity contribution is 5.44. The highest BCUT2D eigenvalue weighted by Gasteiger charge is 2.10. The molecule has 14 heavy (non-hydrogen) atoms. The zero-order chi connectivity index (χ0) is 10.3. The molecule has 2 rings (SSSR count). The van der Waals surface area contributed by atoms with E-state index >= 15 is 0 Å². The van der Waals surface area contributed by atoms with Gasteiger partial charge in [-0.3, -0.25) is 0 Å². The molecule has 0 saturated heterocycles. The van der Waals surface area contributed by atoms with Crippen molar-refractivity contribution in [1.29, 1.82) is 0 Å². The lowest BCUT2D eigenvalue weighted by Gasteiger charge is -2.17. The molecule has 1 aromatic rings. The van der Waals surface area contributed by atoms with Crippen LogP contribution in [0.5, 0.6) is 0 Å². The molecule has 0 fully saturated rings. The van der Waals surface area contributed by atoms with Crippen LogP contribution in [-0.2, 0) is 0 Å². The zero-order valence-electron chi connectivity index (χ0n) is 9.46. The molecule has 0 N–H and O–H groups in total. The summed E-state index contributed by atoms with van der Waals surface area (Å²) in [7, 11) is 0. The first-order chi connectivity index (χ1) is 6.58. The van der Waals surface area contributed by atoms with Gasteiger partial charge in [0.1, 0.15) is 0 Å². The fraction of sp³-hybridized carbons (Fsp3) is 0.429. The Morgan fingerprint density at radius 2 is 1.14 bits per heavy atom. The Morgan fingerprint density at radius 3 is 1.50 bits per heavy atom. The van der Waals surface area contributed by atoms with Crippen molar-refractivity contribution in [3.8, 4) is 0 Å². The SMILES string of the molecule is Cc1cc2c(cc1C)=C[C@H](C)[C@H](C)C=2. The summed E-state index contributed by atoms with van der Waals surface area (Å²) in [5.74, 6) is 1.34. The van der Waals surface area contributed by atoms with E-state index in [1.165, 1.54) is 21.6 Å². The van der Waals surface area contributed by atoms with Crippen LogP contribution in [0.4, 0.5) is 0 Å². The number of aryl methyl sites for hydroxylation is 2. The highest BCUT2D eigenvalue weighted by atomic mass is 14.1. The number of hydrogen-bond donors (Lipinski definition) is 0. The van der Waals surface area contributed by atoms with Crippen molar-refractivity contribution in [3.63, 3.8) is 0 Å². The normalized spacial score (nSPS) is 24.9. The summed E-state index contributed by atoms with van der Waals surface area (Å²) >= 11 is 0. The van der Waals surface area contributed by atoms with Crippen LogP contribution in [0.3, 0.4) is 0 Å². The molecule has 0 unspecified atom stereocenters. The van der Waals surface area contributed by atoms with Gasteiger partial charge in [0.2, 0.25) is 0 Å². The van der Waals surface area contributed by atoms with Gasteiger partial charge in [-0.1, -0.05) is 38.1 Å². The summed E-state index contributed by atoms with van der Waals surface area (Å²) < 4.78 is 0. The van der Waals surface area contributed by atoms with Crippen molar-refractivity contribution in [2.45, 2.75) is 27.7 Å². The molecule has 1 aliphatic carbocycles. The van der Waals surface area contributed by atoms with Crippen LogP contribution in [0.1, 0.15) is 25.0 Å². The lowest BCUT2D eigenvalue weighted by atomic mass is 9.88. The molecule has 1 aromatic carbocycles. The Bertz CT molecular complexity index is 421. The van der Waals surface area contributed by atoms with E-state index in [2.05, 4.69) is 52.0 Å². The second-order valence-corrected chi connectivity index (χ2v) is 4.62. The minimum absolute atomic E-state index is 0.671. The van der Waals surface area contributed by atoms with Gasteiger partial charge in [0.25, 0.3) is 0 Å². The molecule has 0 aliphatic heterocycles. The second-order valence-electron chi connectivity index (χ2n) is 4.62. The van der Waals surface area contributed by atoms with Crippen LogP contribution < -0.4 is 10.4 Å². The lowest BCUT2D eigenvalue weighted by molar-refractivity contribution is 0.608. The molecular formula is C14H18. The van der Waals surface area contributed by atoms with Gasteiger partial charge in [-0.25, -0.2) is 0 Å². The van der Waals surface area contributed by atoms with Crippen molar-refractivity contribution in [1.82, 2.24) is 0 Å². The van der Waals surface area contributed by atoms with Gasteiger partial charge < -0.3 is 0 Å². The lowest BCUT2D eigenvalue weighted by Crippen LogP contribution is -2.32. The largest absolute Gasteiger partial charge is 0.0732 e. The first kappa shape index (κ1) is 9.51. The maximum Gasteiger partial charge on any atom is -0.0192 e. The second kappa shape index (κ2) is 3.27. The Hall–Kier alpha value is -1.04. The summed E-state index contributed by atoms with van der Waals surface area (Å²) in [6.07, 6.45) is 4.79. The molecule has 0 aromatic heterocycles. The first-order valence-electron chi connectivity index (χ1n) is 5.39. The van der Waals surface area contributed by atoms with Crippen molar-refractivity contribution in [2.24, 2.45) is 11.8 Å². The van der Waals surface area contributed by atoms with Gasteiger partial charge >= 0.3 is 0 Å². The summed E-state index contributed by atoms with van der Waals surface area (Å²) in [5.41, 5.74) is 2.80. The number of benzene rings is 1. The molecule has 2 atom stereocenters. The van der Waals surface area contributed by atoms with E-state index in [1.807, 2.05) is 0 Å². The smallest absolute Gasteiger partial charge is 0.0192 e. The molecule has 0 nitrogen and oxygen atoms in total. The van der Waals surface area contributed by atoms with Crippen LogP contribution in [0.25, 0.3) is 12.2 Å². The molecule has 0 heterocycles. The van der Waals surface area contributed by atoms with Crippen molar-refractivity contribution >= 4 is 12.2 Å². The minimum Gasteiger partial charge on any atom is -0.0732 e. The van der Waals surface area contributed by atoms with Crippen LogP contribution >= 0.6 is 0 Å². The average Bonchev–Trinajstić information content (AvgIpc) is 2.11. The van der Waals surface area contributed by atoms with Crippen LogP contribution in [-0.4, -0.2) is 0 Å². The summed E-state index contributed by atoms with van der Waals surface area (Å²) in [6, 6.07) is 4.62. The van der Waals surface area contributed by atoms with Gasteiger partial charge in [-0.05, 0) is 47.2 Å². The third-order valence-electron chi connectivity index (χ3n) is 3.41. The first-order valence-corrected chi connectivity index (χ1v) is 5.39. The monoisotopic (exact) mass is 186 g/mol. The van der Waals surface area contributed by atoms with E-state index in [4.69, 9.17) is 0 Å². The Labute approximate surface area is 86.0 Å². The third-order valence-corrected chi connectivity index (χ3v) is 3.41. The predicted molar refractivity (Wildman–Crippen MR) is 62.4 cm³/mol.